The van der Waals surface area contributed by atoms with Crippen LogP contribution in [0.1, 0.15) is 30.4 Å². The third kappa shape index (κ3) is 6.13. The number of piperidine rings is 1. The van der Waals surface area contributed by atoms with Gasteiger partial charge in [0.25, 0.3) is 0 Å². The molecule has 0 spiro atoms. The van der Waals surface area contributed by atoms with Gasteiger partial charge in [0.05, 0.1) is 6.26 Å². The van der Waals surface area contributed by atoms with Crippen molar-refractivity contribution in [3.8, 4) is 0 Å². The Bertz CT molecular complexity index is 797. The highest BCUT2D eigenvalue weighted by atomic mass is 32.2. The summed E-state index contributed by atoms with van der Waals surface area (Å²) in [5.74, 6) is 0. The summed E-state index contributed by atoms with van der Waals surface area (Å²) in [6, 6.07) is 14.4. The lowest BCUT2D eigenvalue weighted by Gasteiger charge is -2.38. The SMILES string of the molecule is CS(=O)(=O)N(Cc1cccnc1)C1CCCN(CCCc2ccccc2)C1. The van der Waals surface area contributed by atoms with Crippen molar-refractivity contribution in [2.75, 3.05) is 25.9 Å². The Morgan fingerprint density at radius 2 is 1.93 bits per heavy atom. The van der Waals surface area contributed by atoms with Gasteiger partial charge in [-0.15, -0.1) is 0 Å². The maximum Gasteiger partial charge on any atom is 0.211 e. The Labute approximate surface area is 163 Å². The van der Waals surface area contributed by atoms with Gasteiger partial charge in [-0.25, -0.2) is 8.42 Å². The van der Waals surface area contributed by atoms with E-state index in [1.54, 1.807) is 16.7 Å². The molecule has 1 unspecified atom stereocenters. The van der Waals surface area contributed by atoms with Crippen LogP contribution in [-0.4, -0.2) is 54.5 Å². The molecule has 0 saturated carbocycles. The number of nitrogens with zero attached hydrogens (tertiary/aromatic N) is 3. The van der Waals surface area contributed by atoms with Crippen LogP contribution in [0, 0.1) is 0 Å². The first-order chi connectivity index (χ1) is 13.0. The van der Waals surface area contributed by atoms with E-state index in [-0.39, 0.29) is 6.04 Å². The van der Waals surface area contributed by atoms with Crippen LogP contribution >= 0.6 is 0 Å². The Kier molecular flexibility index (Phi) is 6.99. The number of likely N-dealkylation sites (tertiary alicyclic amines) is 1. The Morgan fingerprint density at radius 1 is 1.15 bits per heavy atom. The summed E-state index contributed by atoms with van der Waals surface area (Å²) in [6.07, 6.45) is 8.89. The van der Waals surface area contributed by atoms with Crippen molar-refractivity contribution >= 4 is 10.0 Å². The van der Waals surface area contributed by atoms with E-state index in [1.807, 2.05) is 18.2 Å². The van der Waals surface area contributed by atoms with Gasteiger partial charge in [0, 0.05) is 31.5 Å². The van der Waals surface area contributed by atoms with Crippen LogP contribution in [0.25, 0.3) is 0 Å². The molecule has 2 heterocycles. The van der Waals surface area contributed by atoms with E-state index in [0.29, 0.717) is 6.54 Å². The van der Waals surface area contributed by atoms with Gasteiger partial charge < -0.3 is 4.90 Å². The largest absolute Gasteiger partial charge is 0.302 e. The fourth-order valence-corrected chi connectivity index (χ4v) is 4.91. The first-order valence-electron chi connectivity index (χ1n) is 9.64. The van der Waals surface area contributed by atoms with E-state index in [4.69, 9.17) is 0 Å². The van der Waals surface area contributed by atoms with E-state index in [2.05, 4.69) is 34.1 Å². The van der Waals surface area contributed by atoms with Crippen LogP contribution in [0.2, 0.25) is 0 Å². The lowest BCUT2D eigenvalue weighted by Crippen LogP contribution is -2.49. The predicted octanol–water partition coefficient (Wildman–Crippen LogP) is 2.94. The van der Waals surface area contributed by atoms with E-state index >= 15 is 0 Å². The van der Waals surface area contributed by atoms with Gasteiger partial charge >= 0.3 is 0 Å². The molecule has 0 aliphatic carbocycles. The van der Waals surface area contributed by atoms with Gasteiger partial charge in [0.1, 0.15) is 0 Å². The number of benzene rings is 1. The van der Waals surface area contributed by atoms with E-state index in [1.165, 1.54) is 11.8 Å². The summed E-state index contributed by atoms with van der Waals surface area (Å²) in [7, 11) is -3.27. The second kappa shape index (κ2) is 9.44. The van der Waals surface area contributed by atoms with Crippen molar-refractivity contribution in [1.29, 1.82) is 0 Å². The number of rotatable bonds is 8. The van der Waals surface area contributed by atoms with Crippen LogP contribution in [0.3, 0.4) is 0 Å². The first kappa shape index (κ1) is 20.0. The topological polar surface area (TPSA) is 53.5 Å². The standard InChI is InChI=1S/C21H29N3O2S/c1-27(25,26)24(17-20-10-5-13-22-16-20)21-12-7-15-23(18-21)14-6-11-19-8-3-2-4-9-19/h2-5,8-10,13,16,21H,6-7,11-12,14-15,17-18H2,1H3. The maximum absolute atomic E-state index is 12.4. The Balaban J connectivity index is 1.58. The molecule has 1 aromatic carbocycles. The molecule has 0 amide bonds. The molecule has 0 radical (unpaired) electrons. The summed E-state index contributed by atoms with van der Waals surface area (Å²) in [5, 5.41) is 0. The van der Waals surface area contributed by atoms with Gasteiger partial charge in [-0.2, -0.15) is 4.31 Å². The highest BCUT2D eigenvalue weighted by Gasteiger charge is 2.30. The zero-order chi connectivity index (χ0) is 19.1. The number of sulfonamides is 1. The minimum absolute atomic E-state index is 0.0330. The molecule has 1 saturated heterocycles. The fraction of sp³-hybridized carbons (Fsp3) is 0.476. The highest BCUT2D eigenvalue weighted by Crippen LogP contribution is 2.21. The van der Waals surface area contributed by atoms with Crippen molar-refractivity contribution in [1.82, 2.24) is 14.2 Å². The minimum atomic E-state index is -3.27. The van der Waals surface area contributed by atoms with Gasteiger partial charge in [-0.05, 0) is 56.0 Å². The average molecular weight is 388 g/mol. The van der Waals surface area contributed by atoms with E-state index in [0.717, 1.165) is 50.9 Å². The first-order valence-corrected chi connectivity index (χ1v) is 11.5. The van der Waals surface area contributed by atoms with Crippen LogP contribution < -0.4 is 0 Å². The molecular formula is C21H29N3O2S. The molecule has 1 atom stereocenters. The summed E-state index contributed by atoms with van der Waals surface area (Å²) >= 11 is 0. The lowest BCUT2D eigenvalue weighted by molar-refractivity contribution is 0.144. The molecular weight excluding hydrogens is 358 g/mol. The Morgan fingerprint density at radius 3 is 2.63 bits per heavy atom. The monoisotopic (exact) mass is 387 g/mol. The van der Waals surface area contributed by atoms with E-state index in [9.17, 15) is 8.42 Å². The predicted molar refractivity (Wildman–Crippen MR) is 109 cm³/mol. The van der Waals surface area contributed by atoms with Crippen molar-refractivity contribution < 1.29 is 8.42 Å². The van der Waals surface area contributed by atoms with Gasteiger partial charge in [0.2, 0.25) is 10.0 Å². The zero-order valence-corrected chi connectivity index (χ0v) is 16.8. The average Bonchev–Trinajstić information content (AvgIpc) is 2.67. The lowest BCUT2D eigenvalue weighted by atomic mass is 10.0. The summed E-state index contributed by atoms with van der Waals surface area (Å²) in [6.45, 7) is 3.27. The third-order valence-electron chi connectivity index (χ3n) is 5.16. The van der Waals surface area contributed by atoms with Crippen molar-refractivity contribution in [2.24, 2.45) is 0 Å². The molecule has 3 rings (SSSR count). The van der Waals surface area contributed by atoms with Crippen LogP contribution in [0.15, 0.2) is 54.9 Å². The number of pyridine rings is 1. The molecule has 6 heteroatoms. The van der Waals surface area contributed by atoms with Crippen LogP contribution in [-0.2, 0) is 23.0 Å². The molecule has 1 fully saturated rings. The van der Waals surface area contributed by atoms with E-state index < -0.39 is 10.0 Å². The second-order valence-corrected chi connectivity index (χ2v) is 9.29. The molecule has 27 heavy (non-hydrogen) atoms. The number of hydrogen-bond acceptors (Lipinski definition) is 4. The zero-order valence-electron chi connectivity index (χ0n) is 16.0. The van der Waals surface area contributed by atoms with Crippen molar-refractivity contribution in [3.05, 3.63) is 66.0 Å². The molecule has 1 aromatic heterocycles. The van der Waals surface area contributed by atoms with Gasteiger partial charge in [-0.1, -0.05) is 36.4 Å². The van der Waals surface area contributed by atoms with Crippen molar-refractivity contribution in [2.45, 2.75) is 38.3 Å². The summed E-state index contributed by atoms with van der Waals surface area (Å²) in [4.78, 5) is 6.53. The molecule has 1 aliphatic rings. The molecule has 0 N–H and O–H groups in total. The molecule has 0 bridgehead atoms. The normalized spacial score (nSPS) is 18.7. The fourth-order valence-electron chi connectivity index (χ4n) is 3.81. The molecule has 146 valence electrons. The quantitative estimate of drug-likeness (QED) is 0.699. The number of aryl methyl sites for hydroxylation is 1. The third-order valence-corrected chi connectivity index (χ3v) is 6.44. The minimum Gasteiger partial charge on any atom is -0.302 e. The molecule has 2 aromatic rings. The second-order valence-electron chi connectivity index (χ2n) is 7.36. The smallest absolute Gasteiger partial charge is 0.211 e. The number of aromatic nitrogens is 1. The number of hydrogen-bond donors (Lipinski definition) is 0. The highest BCUT2D eigenvalue weighted by molar-refractivity contribution is 7.88. The van der Waals surface area contributed by atoms with Crippen molar-refractivity contribution in [3.63, 3.8) is 0 Å². The van der Waals surface area contributed by atoms with Crippen LogP contribution in [0.4, 0.5) is 0 Å². The summed E-state index contributed by atoms with van der Waals surface area (Å²) in [5.41, 5.74) is 2.30. The molecule has 1 aliphatic heterocycles. The Hall–Kier alpha value is -1.76. The maximum atomic E-state index is 12.4. The summed E-state index contributed by atoms with van der Waals surface area (Å²) < 4.78 is 26.5. The van der Waals surface area contributed by atoms with Crippen LogP contribution in [0.5, 0.6) is 0 Å². The van der Waals surface area contributed by atoms with Gasteiger partial charge in [0.15, 0.2) is 0 Å². The van der Waals surface area contributed by atoms with Gasteiger partial charge in [-0.3, -0.25) is 4.98 Å². The molecule has 5 nitrogen and oxygen atoms in total.